The van der Waals surface area contributed by atoms with Crippen LogP contribution in [0.15, 0.2) is 22.7 Å². The van der Waals surface area contributed by atoms with Gasteiger partial charge < -0.3 is 10.2 Å². The van der Waals surface area contributed by atoms with Crippen molar-refractivity contribution in [2.45, 2.75) is 38.3 Å². The molecular formula is C14H19BrN2. The quantitative estimate of drug-likeness (QED) is 0.917. The minimum atomic E-state index is 0.778. The average molecular weight is 295 g/mol. The first-order valence-electron chi connectivity index (χ1n) is 6.60. The Morgan fingerprint density at radius 3 is 2.71 bits per heavy atom. The number of benzene rings is 1. The van der Waals surface area contributed by atoms with Crippen molar-refractivity contribution in [3.63, 3.8) is 0 Å². The van der Waals surface area contributed by atoms with Crippen LogP contribution in [0.25, 0.3) is 0 Å². The fourth-order valence-electron chi connectivity index (χ4n) is 2.50. The molecule has 1 saturated carbocycles. The predicted octanol–water partition coefficient (Wildman–Crippen LogP) is 3.30. The number of nitrogens with zero attached hydrogens (tertiary/aromatic N) is 1. The van der Waals surface area contributed by atoms with Gasteiger partial charge >= 0.3 is 0 Å². The van der Waals surface area contributed by atoms with Crippen LogP contribution in [0.4, 0.5) is 5.69 Å². The normalized spacial score (nSPS) is 19.9. The molecule has 1 heterocycles. The molecule has 0 bridgehead atoms. The first kappa shape index (κ1) is 11.5. The molecule has 0 amide bonds. The molecule has 3 rings (SSSR count). The molecule has 0 unspecified atom stereocenters. The Balaban J connectivity index is 1.78. The van der Waals surface area contributed by atoms with Crippen LogP contribution in [-0.4, -0.2) is 19.1 Å². The van der Waals surface area contributed by atoms with Crippen molar-refractivity contribution < 1.29 is 0 Å². The highest BCUT2D eigenvalue weighted by Crippen LogP contribution is 2.28. The lowest BCUT2D eigenvalue weighted by atomic mass is 10.1. The van der Waals surface area contributed by atoms with E-state index in [2.05, 4.69) is 44.3 Å². The zero-order valence-corrected chi connectivity index (χ0v) is 11.7. The Morgan fingerprint density at radius 2 is 2.00 bits per heavy atom. The van der Waals surface area contributed by atoms with Gasteiger partial charge in [-0.15, -0.1) is 0 Å². The molecule has 2 fully saturated rings. The molecule has 2 nitrogen and oxygen atoms in total. The summed E-state index contributed by atoms with van der Waals surface area (Å²) in [4.78, 5) is 2.52. The van der Waals surface area contributed by atoms with Crippen molar-refractivity contribution in [1.29, 1.82) is 0 Å². The summed E-state index contributed by atoms with van der Waals surface area (Å²) >= 11 is 3.58. The van der Waals surface area contributed by atoms with Crippen molar-refractivity contribution in [3.05, 3.63) is 28.2 Å². The lowest BCUT2D eigenvalue weighted by molar-refractivity contribution is 0.685. The number of rotatable bonds is 4. The minimum absolute atomic E-state index is 0.778. The second kappa shape index (κ2) is 4.99. The summed E-state index contributed by atoms with van der Waals surface area (Å²) in [7, 11) is 0. The number of anilines is 1. The Hall–Kier alpha value is -0.540. The van der Waals surface area contributed by atoms with Gasteiger partial charge in [0.15, 0.2) is 0 Å². The van der Waals surface area contributed by atoms with Crippen molar-refractivity contribution in [3.8, 4) is 0 Å². The third-order valence-corrected chi connectivity index (χ3v) is 4.14. The molecule has 0 spiro atoms. The lowest BCUT2D eigenvalue weighted by Gasteiger charge is -2.22. The first-order valence-corrected chi connectivity index (χ1v) is 7.39. The molecule has 3 heteroatoms. The highest BCUT2D eigenvalue weighted by atomic mass is 79.9. The van der Waals surface area contributed by atoms with E-state index >= 15 is 0 Å². The van der Waals surface area contributed by atoms with Gasteiger partial charge in [0.25, 0.3) is 0 Å². The second-order valence-electron chi connectivity index (χ2n) is 5.12. The molecular weight excluding hydrogens is 276 g/mol. The van der Waals surface area contributed by atoms with E-state index in [0.717, 1.165) is 12.6 Å². The van der Waals surface area contributed by atoms with E-state index in [1.807, 2.05) is 0 Å². The lowest BCUT2D eigenvalue weighted by Crippen LogP contribution is -2.22. The molecule has 1 aromatic rings. The largest absolute Gasteiger partial charge is 0.371 e. The van der Waals surface area contributed by atoms with Crippen molar-refractivity contribution in [2.75, 3.05) is 18.0 Å². The van der Waals surface area contributed by atoms with Crippen LogP contribution >= 0.6 is 15.9 Å². The zero-order valence-electron chi connectivity index (χ0n) is 10.1. The summed E-state index contributed by atoms with van der Waals surface area (Å²) in [5, 5.41) is 3.62. The maximum Gasteiger partial charge on any atom is 0.0412 e. The molecule has 92 valence electrons. The number of nitrogens with one attached hydrogen (secondary N) is 1. The average Bonchev–Trinajstić information content (AvgIpc) is 3.00. The maximum atomic E-state index is 3.62. The number of hydrogen-bond acceptors (Lipinski definition) is 2. The topological polar surface area (TPSA) is 15.3 Å². The summed E-state index contributed by atoms with van der Waals surface area (Å²) in [5.74, 6) is 0. The molecule has 2 aliphatic rings. The standard InChI is InChI=1S/C14H19BrN2/c15-12-3-6-14(17-7-1-2-8-17)11(9-12)10-16-13-4-5-13/h3,6,9,13,16H,1-2,4-5,7-8,10H2. The van der Waals surface area contributed by atoms with Crippen LogP contribution in [-0.2, 0) is 6.54 Å². The van der Waals surface area contributed by atoms with E-state index in [1.54, 1.807) is 0 Å². The fourth-order valence-corrected chi connectivity index (χ4v) is 2.91. The molecule has 1 aliphatic carbocycles. The molecule has 1 saturated heterocycles. The molecule has 0 aromatic heterocycles. The molecule has 17 heavy (non-hydrogen) atoms. The fraction of sp³-hybridized carbons (Fsp3) is 0.571. The predicted molar refractivity (Wildman–Crippen MR) is 75.5 cm³/mol. The van der Waals surface area contributed by atoms with E-state index in [9.17, 15) is 0 Å². The summed E-state index contributed by atoms with van der Waals surface area (Å²) in [6.07, 6.45) is 5.39. The van der Waals surface area contributed by atoms with Crippen molar-refractivity contribution >= 4 is 21.6 Å². The molecule has 0 radical (unpaired) electrons. The van der Waals surface area contributed by atoms with Gasteiger partial charge in [0.1, 0.15) is 0 Å². The van der Waals surface area contributed by atoms with Crippen molar-refractivity contribution in [2.24, 2.45) is 0 Å². The SMILES string of the molecule is Brc1ccc(N2CCCC2)c(CNC2CC2)c1. The van der Waals surface area contributed by atoms with Gasteiger partial charge in [-0.3, -0.25) is 0 Å². The van der Waals surface area contributed by atoms with Gasteiger partial charge in [0, 0.05) is 35.8 Å². The summed E-state index contributed by atoms with van der Waals surface area (Å²) in [5.41, 5.74) is 2.87. The van der Waals surface area contributed by atoms with Gasteiger partial charge in [-0.1, -0.05) is 15.9 Å². The van der Waals surface area contributed by atoms with Gasteiger partial charge in [0.2, 0.25) is 0 Å². The van der Waals surface area contributed by atoms with E-state index in [1.165, 1.54) is 54.5 Å². The Labute approximate surface area is 112 Å². The Morgan fingerprint density at radius 1 is 1.24 bits per heavy atom. The smallest absolute Gasteiger partial charge is 0.0412 e. The summed E-state index contributed by atoms with van der Waals surface area (Å²) < 4.78 is 1.19. The Kier molecular flexibility index (Phi) is 3.39. The molecule has 0 atom stereocenters. The number of halogens is 1. The van der Waals surface area contributed by atoms with Gasteiger partial charge in [-0.2, -0.15) is 0 Å². The van der Waals surface area contributed by atoms with E-state index in [-0.39, 0.29) is 0 Å². The molecule has 1 aliphatic heterocycles. The van der Waals surface area contributed by atoms with Crippen molar-refractivity contribution in [1.82, 2.24) is 5.32 Å². The van der Waals surface area contributed by atoms with Gasteiger partial charge in [0.05, 0.1) is 0 Å². The van der Waals surface area contributed by atoms with Crippen LogP contribution in [0.2, 0.25) is 0 Å². The third kappa shape index (κ3) is 2.83. The number of hydrogen-bond donors (Lipinski definition) is 1. The molecule has 1 aromatic carbocycles. The monoisotopic (exact) mass is 294 g/mol. The highest BCUT2D eigenvalue weighted by molar-refractivity contribution is 9.10. The zero-order chi connectivity index (χ0) is 11.7. The van der Waals surface area contributed by atoms with E-state index < -0.39 is 0 Å². The second-order valence-corrected chi connectivity index (χ2v) is 6.04. The van der Waals surface area contributed by atoms with E-state index in [4.69, 9.17) is 0 Å². The van der Waals surface area contributed by atoms with Crippen LogP contribution < -0.4 is 10.2 Å². The van der Waals surface area contributed by atoms with Crippen LogP contribution in [0.5, 0.6) is 0 Å². The van der Waals surface area contributed by atoms with Crippen LogP contribution in [0.3, 0.4) is 0 Å². The van der Waals surface area contributed by atoms with E-state index in [0.29, 0.717) is 0 Å². The van der Waals surface area contributed by atoms with Gasteiger partial charge in [-0.25, -0.2) is 0 Å². The van der Waals surface area contributed by atoms with Crippen LogP contribution in [0.1, 0.15) is 31.2 Å². The Bertz CT molecular complexity index is 395. The summed E-state index contributed by atoms with van der Waals surface area (Å²) in [6.45, 7) is 3.45. The summed E-state index contributed by atoms with van der Waals surface area (Å²) in [6, 6.07) is 7.47. The van der Waals surface area contributed by atoms with Crippen LogP contribution in [0, 0.1) is 0 Å². The van der Waals surface area contributed by atoms with Gasteiger partial charge in [-0.05, 0) is 49.4 Å². The minimum Gasteiger partial charge on any atom is -0.371 e. The maximum absolute atomic E-state index is 3.62. The highest BCUT2D eigenvalue weighted by Gasteiger charge is 2.21. The first-order chi connectivity index (χ1) is 8.33. The molecule has 1 N–H and O–H groups in total. The third-order valence-electron chi connectivity index (χ3n) is 3.65.